The third kappa shape index (κ3) is 4.55. The van der Waals surface area contributed by atoms with Crippen LogP contribution in [-0.4, -0.2) is 58.5 Å². The fourth-order valence-electron chi connectivity index (χ4n) is 3.23. The number of aromatic nitrogens is 1. The summed E-state index contributed by atoms with van der Waals surface area (Å²) in [7, 11) is 0. The normalized spacial score (nSPS) is 18.7. The first-order chi connectivity index (χ1) is 13.5. The predicted molar refractivity (Wildman–Crippen MR) is 104 cm³/mol. The third-order valence-electron chi connectivity index (χ3n) is 4.67. The van der Waals surface area contributed by atoms with Gasteiger partial charge in [-0.25, -0.2) is 4.98 Å². The lowest BCUT2D eigenvalue weighted by Gasteiger charge is -2.23. The van der Waals surface area contributed by atoms with Crippen LogP contribution in [0.5, 0.6) is 0 Å². The van der Waals surface area contributed by atoms with Gasteiger partial charge in [-0.2, -0.15) is 0 Å². The van der Waals surface area contributed by atoms with E-state index >= 15 is 0 Å². The Bertz CT molecular complexity index is 852. The topological polar surface area (TPSA) is 112 Å². The van der Waals surface area contributed by atoms with Gasteiger partial charge in [-0.1, -0.05) is 24.3 Å². The second-order valence-electron chi connectivity index (χ2n) is 6.63. The van der Waals surface area contributed by atoms with Crippen LogP contribution in [0.1, 0.15) is 17.7 Å². The molecule has 1 saturated heterocycles. The monoisotopic (exact) mass is 402 g/mol. The summed E-state index contributed by atoms with van der Waals surface area (Å²) in [5.41, 5.74) is 4.80. The van der Waals surface area contributed by atoms with Crippen LogP contribution >= 0.6 is 11.3 Å². The van der Waals surface area contributed by atoms with Crippen LogP contribution in [0.2, 0.25) is 0 Å². The Morgan fingerprint density at radius 2 is 2.11 bits per heavy atom. The van der Waals surface area contributed by atoms with Crippen molar-refractivity contribution in [1.29, 1.82) is 0 Å². The van der Waals surface area contributed by atoms with Crippen LogP contribution in [0.4, 0.5) is 0 Å². The van der Waals surface area contributed by atoms with E-state index in [-0.39, 0.29) is 25.4 Å². The molecule has 3 N–H and O–H groups in total. The Labute approximate surface area is 166 Å². The minimum absolute atomic E-state index is 0.0837. The number of nitrogens with zero attached hydrogens (tertiary/aromatic N) is 2. The summed E-state index contributed by atoms with van der Waals surface area (Å²) >= 11 is 1.58. The summed E-state index contributed by atoms with van der Waals surface area (Å²) in [6, 6.07) is 7.12. The zero-order chi connectivity index (χ0) is 20.1. The van der Waals surface area contributed by atoms with Crippen LogP contribution in [-0.2, 0) is 20.9 Å². The van der Waals surface area contributed by atoms with Gasteiger partial charge in [0.1, 0.15) is 6.04 Å². The SMILES string of the molecule is Cc1ncsc1-c1ccc(CNC(=O)[C@@H]2CC(O)CN2C(=O)CNC=O)cc1. The molecule has 3 rings (SSSR count). The van der Waals surface area contributed by atoms with E-state index in [1.165, 1.54) is 4.90 Å². The number of amides is 3. The average molecular weight is 402 g/mol. The molecule has 3 amide bonds. The van der Waals surface area contributed by atoms with E-state index in [9.17, 15) is 19.5 Å². The molecule has 0 saturated carbocycles. The molecule has 1 aromatic carbocycles. The molecule has 0 spiro atoms. The number of carbonyl (C=O) groups excluding carboxylic acids is 3. The molecule has 1 aliphatic heterocycles. The van der Waals surface area contributed by atoms with Gasteiger partial charge in [0.25, 0.3) is 0 Å². The van der Waals surface area contributed by atoms with Gasteiger partial charge in [0.2, 0.25) is 18.2 Å². The summed E-state index contributed by atoms with van der Waals surface area (Å²) in [5.74, 6) is -0.716. The minimum Gasteiger partial charge on any atom is -0.391 e. The number of rotatable bonds is 7. The van der Waals surface area contributed by atoms with Crippen LogP contribution in [0, 0.1) is 6.92 Å². The smallest absolute Gasteiger partial charge is 0.243 e. The summed E-state index contributed by atoms with van der Waals surface area (Å²) in [6.45, 7) is 2.18. The lowest BCUT2D eigenvalue weighted by atomic mass is 10.1. The van der Waals surface area contributed by atoms with Crippen LogP contribution in [0.15, 0.2) is 29.8 Å². The average Bonchev–Trinajstić information content (AvgIpc) is 3.30. The summed E-state index contributed by atoms with van der Waals surface area (Å²) in [4.78, 5) is 41.7. The number of nitrogens with one attached hydrogen (secondary N) is 2. The number of hydrogen-bond acceptors (Lipinski definition) is 6. The Kier molecular flexibility index (Phi) is 6.37. The molecule has 1 aliphatic rings. The van der Waals surface area contributed by atoms with Gasteiger partial charge in [0, 0.05) is 19.5 Å². The van der Waals surface area contributed by atoms with Gasteiger partial charge in [-0.05, 0) is 18.1 Å². The quantitative estimate of drug-likeness (QED) is 0.582. The van der Waals surface area contributed by atoms with Gasteiger partial charge >= 0.3 is 0 Å². The van der Waals surface area contributed by atoms with Crippen molar-refractivity contribution < 1.29 is 19.5 Å². The molecule has 0 aliphatic carbocycles. The highest BCUT2D eigenvalue weighted by Gasteiger charge is 2.38. The third-order valence-corrected chi connectivity index (χ3v) is 5.64. The molecule has 1 unspecified atom stereocenters. The van der Waals surface area contributed by atoms with Crippen molar-refractivity contribution in [2.75, 3.05) is 13.1 Å². The zero-order valence-electron chi connectivity index (χ0n) is 15.4. The first-order valence-corrected chi connectivity index (χ1v) is 9.79. The van der Waals surface area contributed by atoms with E-state index < -0.39 is 18.1 Å². The van der Waals surface area contributed by atoms with Crippen molar-refractivity contribution in [2.45, 2.75) is 32.0 Å². The van der Waals surface area contributed by atoms with Crippen LogP contribution in [0.3, 0.4) is 0 Å². The highest BCUT2D eigenvalue weighted by Crippen LogP contribution is 2.27. The second-order valence-corrected chi connectivity index (χ2v) is 7.49. The Hall–Kier alpha value is -2.78. The molecule has 2 aromatic rings. The molecule has 8 nitrogen and oxygen atoms in total. The number of thiazole rings is 1. The van der Waals surface area contributed by atoms with E-state index in [1.54, 1.807) is 11.3 Å². The summed E-state index contributed by atoms with van der Waals surface area (Å²) < 4.78 is 0. The fraction of sp³-hybridized carbons (Fsp3) is 0.368. The molecular weight excluding hydrogens is 380 g/mol. The van der Waals surface area contributed by atoms with Gasteiger partial charge in [0.15, 0.2) is 0 Å². The zero-order valence-corrected chi connectivity index (χ0v) is 16.2. The van der Waals surface area contributed by atoms with Crippen molar-refractivity contribution >= 4 is 29.6 Å². The molecule has 2 atom stereocenters. The first kappa shape index (κ1) is 20.0. The van der Waals surface area contributed by atoms with Gasteiger partial charge in [0.05, 0.1) is 28.7 Å². The maximum absolute atomic E-state index is 12.5. The first-order valence-electron chi connectivity index (χ1n) is 8.91. The molecule has 1 fully saturated rings. The highest BCUT2D eigenvalue weighted by molar-refractivity contribution is 7.13. The molecular formula is C19H22N4O4S. The number of benzene rings is 1. The summed E-state index contributed by atoms with van der Waals surface area (Å²) in [5, 5.41) is 15.0. The van der Waals surface area contributed by atoms with Crippen LogP contribution in [0.25, 0.3) is 10.4 Å². The van der Waals surface area contributed by atoms with Crippen molar-refractivity contribution in [3.05, 3.63) is 41.0 Å². The van der Waals surface area contributed by atoms with Gasteiger partial charge in [-0.15, -0.1) is 11.3 Å². The van der Waals surface area contributed by atoms with E-state index in [1.807, 2.05) is 36.7 Å². The van der Waals surface area contributed by atoms with Gasteiger partial charge in [-0.3, -0.25) is 14.4 Å². The number of aliphatic hydroxyl groups excluding tert-OH is 1. The molecule has 0 radical (unpaired) electrons. The number of aliphatic hydroxyl groups is 1. The minimum atomic E-state index is -0.752. The van der Waals surface area contributed by atoms with E-state index in [0.717, 1.165) is 21.7 Å². The molecule has 148 valence electrons. The largest absolute Gasteiger partial charge is 0.391 e. The Morgan fingerprint density at radius 3 is 2.75 bits per heavy atom. The lowest BCUT2D eigenvalue weighted by Crippen LogP contribution is -2.48. The highest BCUT2D eigenvalue weighted by atomic mass is 32.1. The number of carbonyl (C=O) groups is 3. The van der Waals surface area contributed by atoms with E-state index in [0.29, 0.717) is 13.0 Å². The van der Waals surface area contributed by atoms with E-state index in [2.05, 4.69) is 15.6 Å². The Balaban J connectivity index is 1.59. The molecule has 2 heterocycles. The van der Waals surface area contributed by atoms with Crippen molar-refractivity contribution in [3.8, 4) is 10.4 Å². The fourth-order valence-corrected chi connectivity index (χ4v) is 4.04. The van der Waals surface area contributed by atoms with E-state index in [4.69, 9.17) is 0 Å². The number of aryl methyl sites for hydroxylation is 1. The van der Waals surface area contributed by atoms with Crippen molar-refractivity contribution in [2.24, 2.45) is 0 Å². The maximum atomic E-state index is 12.5. The number of hydrogen-bond donors (Lipinski definition) is 3. The second kappa shape index (κ2) is 8.94. The summed E-state index contributed by atoms with van der Waals surface area (Å²) in [6.07, 6.45) is -0.142. The van der Waals surface area contributed by atoms with Gasteiger partial charge < -0.3 is 20.6 Å². The standard InChI is InChI=1S/C19H22N4O4S/c1-12-18(28-11-22-12)14-4-2-13(3-5-14)7-21-19(27)16-6-15(25)9-23(16)17(26)8-20-10-24/h2-5,10-11,15-16,25H,6-9H2,1H3,(H,20,24)(H,21,27)/t15?,16-/m0/s1. The number of β-amino-alcohol motifs (C(OH)–C–C–N with tert-alkyl or cyclic N) is 1. The Morgan fingerprint density at radius 1 is 1.36 bits per heavy atom. The molecule has 1 aromatic heterocycles. The van der Waals surface area contributed by atoms with Crippen molar-refractivity contribution in [3.63, 3.8) is 0 Å². The molecule has 9 heteroatoms. The predicted octanol–water partition coefficient (Wildman–Crippen LogP) is 0.443. The number of likely N-dealkylation sites (tertiary alicyclic amines) is 1. The van der Waals surface area contributed by atoms with Crippen LogP contribution < -0.4 is 10.6 Å². The van der Waals surface area contributed by atoms with Crippen molar-refractivity contribution in [1.82, 2.24) is 20.5 Å². The lowest BCUT2D eigenvalue weighted by molar-refractivity contribution is -0.138. The maximum Gasteiger partial charge on any atom is 0.243 e. The molecule has 28 heavy (non-hydrogen) atoms. The molecule has 0 bridgehead atoms.